The molecule has 0 bridgehead atoms. The molecule has 1 aromatic rings. The second-order valence-electron chi connectivity index (χ2n) is 5.72. The summed E-state index contributed by atoms with van der Waals surface area (Å²) in [6.07, 6.45) is 1.57. The number of carbonyl (C=O) groups is 2. The third-order valence-corrected chi connectivity index (χ3v) is 4.55. The van der Waals surface area contributed by atoms with Gasteiger partial charge in [0.25, 0.3) is 5.91 Å². The Labute approximate surface area is 135 Å². The van der Waals surface area contributed by atoms with E-state index in [-0.39, 0.29) is 24.5 Å². The normalized spacial score (nSPS) is 20.5. The molecule has 1 aromatic carbocycles. The van der Waals surface area contributed by atoms with Gasteiger partial charge in [0.05, 0.1) is 6.54 Å². The summed E-state index contributed by atoms with van der Waals surface area (Å²) in [4.78, 5) is 24.9. The van der Waals surface area contributed by atoms with E-state index in [2.05, 4.69) is 5.32 Å². The number of aliphatic carboxylic acids is 1. The number of carboxylic acid groups (broad SMARTS) is 1. The van der Waals surface area contributed by atoms with E-state index in [9.17, 15) is 9.59 Å². The van der Waals surface area contributed by atoms with Gasteiger partial charge in [-0.1, -0.05) is 24.6 Å². The zero-order chi connectivity index (χ0) is 16.3. The molecule has 0 saturated heterocycles. The van der Waals surface area contributed by atoms with Crippen LogP contribution in [0.4, 0.5) is 0 Å². The number of carbonyl (C=O) groups excluding carboxylic acids is 1. The minimum atomic E-state index is -0.816. The van der Waals surface area contributed by atoms with Crippen LogP contribution in [0.5, 0.6) is 0 Å². The number of rotatable bonds is 6. The molecule has 1 aliphatic carbocycles. The Morgan fingerprint density at radius 1 is 1.41 bits per heavy atom. The molecule has 1 saturated carbocycles. The highest BCUT2D eigenvalue weighted by molar-refractivity contribution is 6.31. The molecule has 0 aromatic heterocycles. The Balaban J connectivity index is 1.85. The number of hydrogen-bond donors (Lipinski definition) is 2. The van der Waals surface area contributed by atoms with Crippen LogP contribution in [0.1, 0.15) is 35.7 Å². The fraction of sp³-hybridized carbons (Fsp3) is 0.500. The zero-order valence-electron chi connectivity index (χ0n) is 12.8. The van der Waals surface area contributed by atoms with Crippen LogP contribution in [0.25, 0.3) is 0 Å². The molecule has 1 amide bonds. The van der Waals surface area contributed by atoms with E-state index in [1.54, 1.807) is 12.1 Å². The first-order chi connectivity index (χ1) is 10.4. The molecular weight excluding hydrogens is 304 g/mol. The summed E-state index contributed by atoms with van der Waals surface area (Å²) in [5.74, 6) is -0.949. The molecule has 6 heteroatoms. The molecule has 0 aliphatic heterocycles. The number of nitrogens with one attached hydrogen (secondary N) is 1. The van der Waals surface area contributed by atoms with Crippen LogP contribution < -0.4 is 5.32 Å². The van der Waals surface area contributed by atoms with E-state index in [0.717, 1.165) is 18.4 Å². The third-order valence-electron chi connectivity index (χ3n) is 4.14. The molecule has 5 nitrogen and oxygen atoms in total. The van der Waals surface area contributed by atoms with Gasteiger partial charge in [-0.15, -0.1) is 0 Å². The van der Waals surface area contributed by atoms with Gasteiger partial charge in [0.1, 0.15) is 0 Å². The van der Waals surface area contributed by atoms with Gasteiger partial charge in [-0.25, -0.2) is 0 Å². The summed E-state index contributed by atoms with van der Waals surface area (Å²) < 4.78 is 0. The summed E-state index contributed by atoms with van der Waals surface area (Å²) >= 11 is 6.03. The maximum atomic E-state index is 12.2. The predicted octanol–water partition coefficient (Wildman–Crippen LogP) is 2.32. The van der Waals surface area contributed by atoms with Crippen molar-refractivity contribution in [2.75, 3.05) is 13.1 Å². The molecule has 0 heterocycles. The lowest BCUT2D eigenvalue weighted by molar-refractivity contribution is -0.139. The third kappa shape index (κ3) is 3.99. The summed E-state index contributed by atoms with van der Waals surface area (Å²) in [5, 5.41) is 12.4. The van der Waals surface area contributed by atoms with Gasteiger partial charge in [-0.3, -0.25) is 14.5 Å². The molecule has 1 aliphatic rings. The Morgan fingerprint density at radius 2 is 2.09 bits per heavy atom. The molecule has 0 unspecified atom stereocenters. The van der Waals surface area contributed by atoms with Gasteiger partial charge in [0.2, 0.25) is 0 Å². The number of likely N-dealkylation sites (N-methyl/N-ethyl adjacent to an activating group) is 1. The number of carboxylic acids is 1. The van der Waals surface area contributed by atoms with Crippen molar-refractivity contribution in [2.24, 2.45) is 0 Å². The quantitative estimate of drug-likeness (QED) is 0.842. The van der Waals surface area contributed by atoms with Crippen LogP contribution in [0, 0.1) is 6.92 Å². The molecule has 22 heavy (non-hydrogen) atoms. The number of hydrogen-bond acceptors (Lipinski definition) is 3. The van der Waals surface area contributed by atoms with E-state index >= 15 is 0 Å². The first-order valence-corrected chi connectivity index (χ1v) is 7.81. The van der Waals surface area contributed by atoms with Gasteiger partial charge in [0, 0.05) is 22.7 Å². The van der Waals surface area contributed by atoms with E-state index in [1.165, 1.54) is 0 Å². The van der Waals surface area contributed by atoms with Crippen LogP contribution in [0.3, 0.4) is 0 Å². The minimum absolute atomic E-state index is 0.0510. The Bertz CT molecular complexity index is 571. The molecule has 120 valence electrons. The minimum Gasteiger partial charge on any atom is -0.480 e. The highest BCUT2D eigenvalue weighted by atomic mass is 35.5. The first-order valence-electron chi connectivity index (χ1n) is 7.43. The van der Waals surface area contributed by atoms with Crippen molar-refractivity contribution in [3.63, 3.8) is 0 Å². The largest absolute Gasteiger partial charge is 0.480 e. The Morgan fingerprint density at radius 3 is 2.64 bits per heavy atom. The fourth-order valence-electron chi connectivity index (χ4n) is 2.68. The van der Waals surface area contributed by atoms with Crippen molar-refractivity contribution < 1.29 is 14.7 Å². The lowest BCUT2D eigenvalue weighted by Crippen LogP contribution is -2.54. The highest BCUT2D eigenvalue weighted by Crippen LogP contribution is 2.26. The van der Waals surface area contributed by atoms with Gasteiger partial charge in [-0.2, -0.15) is 0 Å². The summed E-state index contributed by atoms with van der Waals surface area (Å²) in [5.41, 5.74) is 1.49. The van der Waals surface area contributed by atoms with Crippen LogP contribution >= 0.6 is 11.6 Å². The topological polar surface area (TPSA) is 69.6 Å². The summed E-state index contributed by atoms with van der Waals surface area (Å²) in [6.45, 7) is 4.59. The van der Waals surface area contributed by atoms with Crippen LogP contribution in [0.2, 0.25) is 5.02 Å². The average Bonchev–Trinajstić information content (AvgIpc) is 2.42. The van der Waals surface area contributed by atoms with Gasteiger partial charge in [0.15, 0.2) is 0 Å². The second kappa shape index (κ2) is 7.11. The van der Waals surface area contributed by atoms with E-state index in [0.29, 0.717) is 17.1 Å². The number of benzene rings is 1. The molecule has 2 rings (SSSR count). The predicted molar refractivity (Wildman–Crippen MR) is 85.3 cm³/mol. The van der Waals surface area contributed by atoms with Crippen molar-refractivity contribution in [1.29, 1.82) is 0 Å². The molecule has 1 fully saturated rings. The van der Waals surface area contributed by atoms with Gasteiger partial charge >= 0.3 is 5.97 Å². The number of aryl methyl sites for hydroxylation is 1. The molecule has 0 spiro atoms. The Hall–Kier alpha value is -1.59. The summed E-state index contributed by atoms with van der Waals surface area (Å²) in [7, 11) is 0. The smallest absolute Gasteiger partial charge is 0.317 e. The van der Waals surface area contributed by atoms with Crippen molar-refractivity contribution >= 4 is 23.5 Å². The van der Waals surface area contributed by atoms with Gasteiger partial charge in [-0.05, 0) is 44.0 Å². The highest BCUT2D eigenvalue weighted by Gasteiger charge is 2.34. The second-order valence-corrected chi connectivity index (χ2v) is 6.12. The maximum absolute atomic E-state index is 12.2. The van der Waals surface area contributed by atoms with Crippen molar-refractivity contribution in [3.05, 3.63) is 34.3 Å². The van der Waals surface area contributed by atoms with Crippen LogP contribution in [-0.4, -0.2) is 47.1 Å². The lowest BCUT2D eigenvalue weighted by atomic mass is 9.85. The maximum Gasteiger partial charge on any atom is 0.317 e. The van der Waals surface area contributed by atoms with E-state index in [4.69, 9.17) is 16.7 Å². The van der Waals surface area contributed by atoms with E-state index < -0.39 is 5.97 Å². The molecule has 2 N–H and O–H groups in total. The molecular formula is C16H21ClN2O3. The summed E-state index contributed by atoms with van der Waals surface area (Å²) in [6, 6.07) is 5.58. The van der Waals surface area contributed by atoms with Crippen molar-refractivity contribution in [2.45, 2.75) is 38.8 Å². The van der Waals surface area contributed by atoms with Crippen molar-refractivity contribution in [1.82, 2.24) is 10.2 Å². The first kappa shape index (κ1) is 16.8. The monoisotopic (exact) mass is 324 g/mol. The number of halogens is 1. The standard InChI is InChI=1S/C16H21ClN2O3/c1-3-19(9-15(20)21)13-7-12(8-13)18-16(22)11-5-4-10(2)14(17)6-11/h4-6,12-13H,3,7-9H2,1-2H3,(H,18,22)(H,20,21). The SMILES string of the molecule is CCN(CC(=O)O)C1CC(NC(=O)c2ccc(C)c(Cl)c2)C1. The fourth-order valence-corrected chi connectivity index (χ4v) is 2.86. The molecule has 0 radical (unpaired) electrons. The Kier molecular flexibility index (Phi) is 5.42. The molecule has 0 atom stereocenters. The van der Waals surface area contributed by atoms with Gasteiger partial charge < -0.3 is 10.4 Å². The van der Waals surface area contributed by atoms with Crippen molar-refractivity contribution in [3.8, 4) is 0 Å². The van der Waals surface area contributed by atoms with E-state index in [1.807, 2.05) is 24.8 Å². The average molecular weight is 325 g/mol. The zero-order valence-corrected chi connectivity index (χ0v) is 13.6. The number of amides is 1. The lowest BCUT2D eigenvalue weighted by Gasteiger charge is -2.42. The van der Waals surface area contributed by atoms with Crippen LogP contribution in [0.15, 0.2) is 18.2 Å². The van der Waals surface area contributed by atoms with Crippen LogP contribution in [-0.2, 0) is 4.79 Å². The number of nitrogens with zero attached hydrogens (tertiary/aromatic N) is 1.